The van der Waals surface area contributed by atoms with Crippen molar-refractivity contribution in [2.75, 3.05) is 18.4 Å². The van der Waals surface area contributed by atoms with Crippen LogP contribution in [-0.4, -0.2) is 18.1 Å². The van der Waals surface area contributed by atoms with E-state index in [4.69, 9.17) is 16.0 Å². The lowest BCUT2D eigenvalue weighted by Crippen LogP contribution is -2.06. The Kier molecular flexibility index (Phi) is 4.25. The summed E-state index contributed by atoms with van der Waals surface area (Å²) < 4.78 is 5.91. The monoisotopic (exact) mass is 330 g/mol. The number of benzene rings is 2. The largest absolute Gasteiger partial charge is 0.453 e. The van der Waals surface area contributed by atoms with Crippen LogP contribution in [0, 0.1) is 4.91 Å². The maximum absolute atomic E-state index is 11.0. The molecule has 0 unspecified atom stereocenters. The van der Waals surface area contributed by atoms with Crippen molar-refractivity contribution >= 4 is 34.1 Å². The molecule has 0 aromatic heterocycles. The Bertz CT molecular complexity index is 920. The topological polar surface area (TPSA) is 79.9 Å². The molecule has 118 valence electrons. The summed E-state index contributed by atoms with van der Waals surface area (Å²) in [4.78, 5) is 19.8. The molecule has 1 heterocycles. The van der Waals surface area contributed by atoms with Gasteiger partial charge in [0.1, 0.15) is 16.9 Å². The number of nitrogens with zero attached hydrogens (tertiary/aromatic N) is 3. The first kappa shape index (κ1) is 15.4. The van der Waals surface area contributed by atoms with Crippen LogP contribution in [0.15, 0.2) is 38.9 Å². The second-order valence-corrected chi connectivity index (χ2v) is 5.33. The number of nitrogens with one attached hydrogen (secondary N) is 1. The van der Waals surface area contributed by atoms with E-state index >= 15 is 0 Å². The molecule has 0 spiro atoms. The minimum Gasteiger partial charge on any atom is -0.453 e. The number of nitroso groups, excluding NO2 is 1. The highest BCUT2D eigenvalue weighted by atomic mass is 35.5. The van der Waals surface area contributed by atoms with Gasteiger partial charge in [-0.15, -0.1) is 4.91 Å². The third kappa shape index (κ3) is 2.90. The van der Waals surface area contributed by atoms with Crippen LogP contribution < -0.4 is 10.7 Å². The van der Waals surface area contributed by atoms with Crippen molar-refractivity contribution in [2.24, 2.45) is 10.2 Å². The van der Waals surface area contributed by atoms with E-state index < -0.39 is 0 Å². The van der Waals surface area contributed by atoms with Crippen LogP contribution in [0.2, 0.25) is 5.02 Å². The van der Waals surface area contributed by atoms with Gasteiger partial charge in [-0.3, -0.25) is 4.99 Å². The Morgan fingerprint density at radius 2 is 2.09 bits per heavy atom. The fourth-order valence-electron chi connectivity index (χ4n) is 2.38. The van der Waals surface area contributed by atoms with E-state index in [1.807, 2.05) is 13.8 Å². The van der Waals surface area contributed by atoms with Crippen LogP contribution in [-0.2, 0) is 0 Å². The molecule has 1 aliphatic carbocycles. The molecule has 0 fully saturated rings. The Hall–Kier alpha value is -2.47. The molecule has 1 N–H and O–H groups in total. The van der Waals surface area contributed by atoms with Crippen LogP contribution in [0.25, 0.3) is 22.6 Å². The molecule has 0 saturated heterocycles. The summed E-state index contributed by atoms with van der Waals surface area (Å²) in [6.07, 6.45) is 0. The maximum atomic E-state index is 11.0. The van der Waals surface area contributed by atoms with Crippen molar-refractivity contribution in [1.29, 1.82) is 0 Å². The van der Waals surface area contributed by atoms with E-state index in [9.17, 15) is 4.91 Å². The maximum Gasteiger partial charge on any atom is 0.155 e. The van der Waals surface area contributed by atoms with Crippen LogP contribution in [0.3, 0.4) is 0 Å². The molecule has 0 radical (unpaired) electrons. The zero-order valence-electron chi connectivity index (χ0n) is 12.8. The van der Waals surface area contributed by atoms with Crippen molar-refractivity contribution in [3.63, 3.8) is 0 Å². The third-order valence-corrected chi connectivity index (χ3v) is 3.66. The van der Waals surface area contributed by atoms with Crippen LogP contribution in [0.1, 0.15) is 13.8 Å². The van der Waals surface area contributed by atoms with Crippen molar-refractivity contribution < 1.29 is 4.42 Å². The predicted molar refractivity (Wildman–Crippen MR) is 91.4 cm³/mol. The van der Waals surface area contributed by atoms with Crippen LogP contribution in [0.4, 0.5) is 11.4 Å². The van der Waals surface area contributed by atoms with Gasteiger partial charge in [-0.25, -0.2) is 4.98 Å². The normalized spacial score (nSPS) is 12.0. The highest BCUT2D eigenvalue weighted by Crippen LogP contribution is 2.33. The minimum absolute atomic E-state index is 0.296. The molecular weight excluding hydrogens is 316 g/mol. The third-order valence-electron chi connectivity index (χ3n) is 3.36. The van der Waals surface area contributed by atoms with Gasteiger partial charge in [-0.2, -0.15) is 0 Å². The average Bonchev–Trinajstić information content (AvgIpc) is 2.54. The van der Waals surface area contributed by atoms with Crippen molar-refractivity contribution in [3.8, 4) is 11.5 Å². The van der Waals surface area contributed by atoms with E-state index in [1.165, 1.54) is 0 Å². The van der Waals surface area contributed by atoms with Gasteiger partial charge in [0.15, 0.2) is 11.3 Å². The molecule has 0 amide bonds. The summed E-state index contributed by atoms with van der Waals surface area (Å²) in [5.41, 5.74) is 2.62. The molecule has 1 aromatic carbocycles. The zero-order chi connectivity index (χ0) is 16.4. The van der Waals surface area contributed by atoms with Crippen molar-refractivity contribution in [3.05, 3.63) is 39.6 Å². The lowest BCUT2D eigenvalue weighted by atomic mass is 10.2. The van der Waals surface area contributed by atoms with Gasteiger partial charge in [-0.05, 0) is 31.2 Å². The molecule has 1 aliphatic heterocycles. The quantitative estimate of drug-likeness (QED) is 0.570. The van der Waals surface area contributed by atoms with Gasteiger partial charge in [0.05, 0.1) is 16.1 Å². The number of hydrogen-bond donors (Lipinski definition) is 1. The number of fused-ring (bicyclic) bond motifs is 2. The summed E-state index contributed by atoms with van der Waals surface area (Å²) >= 11 is 6.20. The van der Waals surface area contributed by atoms with Gasteiger partial charge in [-0.1, -0.05) is 11.6 Å². The first-order valence-electron chi connectivity index (χ1n) is 7.32. The van der Waals surface area contributed by atoms with Crippen molar-refractivity contribution in [2.45, 2.75) is 13.8 Å². The molecule has 2 aliphatic rings. The number of hydrogen-bond acceptors (Lipinski definition) is 6. The first-order chi connectivity index (χ1) is 11.2. The van der Waals surface area contributed by atoms with Gasteiger partial charge in [0.2, 0.25) is 0 Å². The lowest BCUT2D eigenvalue weighted by Gasteiger charge is -2.10. The Labute approximate surface area is 137 Å². The molecule has 0 bridgehead atoms. The van der Waals surface area contributed by atoms with Crippen molar-refractivity contribution in [1.82, 2.24) is 4.98 Å². The molecule has 6 nitrogen and oxygen atoms in total. The van der Waals surface area contributed by atoms with E-state index in [-0.39, 0.29) is 0 Å². The molecule has 7 heteroatoms. The smallest absolute Gasteiger partial charge is 0.155 e. The van der Waals surface area contributed by atoms with Gasteiger partial charge in [0.25, 0.3) is 0 Å². The Morgan fingerprint density at radius 1 is 1.26 bits per heavy atom. The predicted octanol–water partition coefficient (Wildman–Crippen LogP) is 4.34. The van der Waals surface area contributed by atoms with E-state index in [1.54, 1.807) is 24.3 Å². The summed E-state index contributed by atoms with van der Waals surface area (Å²) in [5, 5.41) is 7.31. The number of rotatable bonds is 4. The molecule has 3 rings (SSSR count). The fourth-order valence-corrected chi connectivity index (χ4v) is 2.59. The van der Waals surface area contributed by atoms with Crippen LogP contribution in [0.5, 0.6) is 0 Å². The second kappa shape index (κ2) is 6.34. The van der Waals surface area contributed by atoms with Gasteiger partial charge >= 0.3 is 0 Å². The Balaban J connectivity index is 2.30. The molecular formula is C16H15ClN4O2. The van der Waals surface area contributed by atoms with Gasteiger partial charge in [0, 0.05) is 25.2 Å². The minimum atomic E-state index is 0.296. The molecule has 1 aromatic rings. The van der Waals surface area contributed by atoms with E-state index in [0.29, 0.717) is 57.4 Å². The van der Waals surface area contributed by atoms with E-state index in [0.717, 1.165) is 0 Å². The fraction of sp³-hybridized carbons (Fsp3) is 0.250. The zero-order valence-corrected chi connectivity index (χ0v) is 13.5. The highest BCUT2D eigenvalue weighted by molar-refractivity contribution is 6.30. The standard InChI is InChI=1S/C16H15ClN4O2/c1-3-18-10-7-15-13(5-9(10)17)20-14-6-12(21-22)11(19-4-2)8-16(14)23-15/h5-8,19H,3-4H2,1-2H3. The SMILES string of the molecule is CCN=c1cc2oc3cc(NCC)c(N=O)cc3nc-2cc1Cl. The summed E-state index contributed by atoms with van der Waals surface area (Å²) in [5.74, 6) is 0.586. The Morgan fingerprint density at radius 3 is 2.78 bits per heavy atom. The summed E-state index contributed by atoms with van der Waals surface area (Å²) in [6.45, 7) is 5.18. The summed E-state index contributed by atoms with van der Waals surface area (Å²) in [7, 11) is 0. The number of anilines is 1. The number of halogens is 1. The van der Waals surface area contributed by atoms with E-state index in [2.05, 4.69) is 20.5 Å². The first-order valence-corrected chi connectivity index (χ1v) is 7.70. The average molecular weight is 331 g/mol. The highest BCUT2D eigenvalue weighted by Gasteiger charge is 2.14. The summed E-state index contributed by atoms with van der Waals surface area (Å²) in [6, 6.07) is 6.81. The molecule has 0 saturated carbocycles. The lowest BCUT2D eigenvalue weighted by molar-refractivity contribution is 0.612. The van der Waals surface area contributed by atoms with Gasteiger partial charge < -0.3 is 9.73 Å². The molecule has 0 atom stereocenters. The number of aromatic nitrogens is 1. The van der Waals surface area contributed by atoms with Crippen LogP contribution >= 0.6 is 11.6 Å². The molecule has 23 heavy (non-hydrogen) atoms. The second-order valence-electron chi connectivity index (χ2n) is 4.92.